The number of aliphatic carboxylic acids is 1. The standard InChI is InChI=1S/C23H43NO3/c1-4-7-8-9-10-11-12-13-14-15-16-17-18-19-21(20-22(25)26)23(27)24(5-2)6-3/h9-10,21H,4-8,11-20H2,1-3H3,(H,25,26)/b10-9+. The average molecular weight is 382 g/mol. The van der Waals surface area contributed by atoms with Gasteiger partial charge in [0.05, 0.1) is 6.42 Å². The lowest BCUT2D eigenvalue weighted by atomic mass is 9.95. The SMILES string of the molecule is CCCC/C=C/CCCCCCCCCC(CC(=O)O)C(=O)N(CC)CC. The van der Waals surface area contributed by atoms with Crippen LogP contribution in [0.5, 0.6) is 0 Å². The zero-order chi connectivity index (χ0) is 20.3. The Labute approximate surface area is 167 Å². The molecule has 0 aromatic carbocycles. The smallest absolute Gasteiger partial charge is 0.304 e. The van der Waals surface area contributed by atoms with E-state index in [1.54, 1.807) is 4.90 Å². The Balaban J connectivity index is 3.81. The molecule has 0 aliphatic heterocycles. The van der Waals surface area contributed by atoms with Gasteiger partial charge in [-0.05, 0) is 39.5 Å². The van der Waals surface area contributed by atoms with E-state index in [9.17, 15) is 9.59 Å². The van der Waals surface area contributed by atoms with Gasteiger partial charge in [0.2, 0.25) is 5.91 Å². The third-order valence-electron chi connectivity index (χ3n) is 5.16. The zero-order valence-electron chi connectivity index (χ0n) is 18.0. The van der Waals surface area contributed by atoms with Crippen LogP contribution in [0.1, 0.15) is 104 Å². The molecule has 1 atom stereocenters. The Morgan fingerprint density at radius 3 is 1.85 bits per heavy atom. The van der Waals surface area contributed by atoms with Crippen molar-refractivity contribution in [2.24, 2.45) is 5.92 Å². The Morgan fingerprint density at radius 2 is 1.33 bits per heavy atom. The molecule has 1 N–H and O–H groups in total. The van der Waals surface area contributed by atoms with Crippen LogP contribution < -0.4 is 0 Å². The first-order valence-corrected chi connectivity index (χ1v) is 11.2. The van der Waals surface area contributed by atoms with Crippen molar-refractivity contribution in [1.82, 2.24) is 4.90 Å². The Hall–Kier alpha value is -1.32. The van der Waals surface area contributed by atoms with E-state index in [-0.39, 0.29) is 18.2 Å². The highest BCUT2D eigenvalue weighted by Crippen LogP contribution is 2.18. The van der Waals surface area contributed by atoms with E-state index in [1.165, 1.54) is 57.8 Å². The first-order valence-electron chi connectivity index (χ1n) is 11.2. The predicted octanol–water partition coefficient (Wildman–Crippen LogP) is 6.20. The molecule has 0 saturated carbocycles. The fraction of sp³-hybridized carbons (Fsp3) is 0.826. The fourth-order valence-corrected chi connectivity index (χ4v) is 3.41. The molecular formula is C23H43NO3. The quantitative estimate of drug-likeness (QED) is 0.227. The number of carboxylic acid groups (broad SMARTS) is 1. The minimum absolute atomic E-state index is 0.00870. The summed E-state index contributed by atoms with van der Waals surface area (Å²) in [7, 11) is 0. The summed E-state index contributed by atoms with van der Waals surface area (Å²) < 4.78 is 0. The highest BCUT2D eigenvalue weighted by Gasteiger charge is 2.24. The lowest BCUT2D eigenvalue weighted by Gasteiger charge is -2.24. The third-order valence-corrected chi connectivity index (χ3v) is 5.16. The summed E-state index contributed by atoms with van der Waals surface area (Å²) in [5.41, 5.74) is 0. The second kappa shape index (κ2) is 18.1. The number of nitrogens with zero attached hydrogens (tertiary/aromatic N) is 1. The molecule has 1 unspecified atom stereocenters. The van der Waals surface area contributed by atoms with Crippen LogP contribution in [-0.2, 0) is 9.59 Å². The number of carbonyl (C=O) groups excluding carboxylic acids is 1. The fourth-order valence-electron chi connectivity index (χ4n) is 3.41. The van der Waals surface area contributed by atoms with Crippen molar-refractivity contribution in [1.29, 1.82) is 0 Å². The molecule has 1 amide bonds. The van der Waals surface area contributed by atoms with Crippen molar-refractivity contribution in [2.45, 2.75) is 104 Å². The average Bonchev–Trinajstić information content (AvgIpc) is 2.65. The number of carboxylic acids is 1. The van der Waals surface area contributed by atoms with Crippen LogP contribution in [0.3, 0.4) is 0 Å². The number of rotatable bonds is 18. The Kier molecular flexibility index (Phi) is 17.2. The molecule has 0 aliphatic rings. The van der Waals surface area contributed by atoms with Gasteiger partial charge in [0.15, 0.2) is 0 Å². The van der Waals surface area contributed by atoms with Gasteiger partial charge in [0.25, 0.3) is 0 Å². The van der Waals surface area contributed by atoms with Gasteiger partial charge in [-0.2, -0.15) is 0 Å². The van der Waals surface area contributed by atoms with Crippen LogP contribution in [-0.4, -0.2) is 35.0 Å². The summed E-state index contributed by atoms with van der Waals surface area (Å²) in [6.45, 7) is 7.42. The maximum atomic E-state index is 12.4. The van der Waals surface area contributed by atoms with Crippen LogP contribution in [0.15, 0.2) is 12.2 Å². The number of allylic oxidation sites excluding steroid dienone is 2. The van der Waals surface area contributed by atoms with Crippen LogP contribution in [0.25, 0.3) is 0 Å². The highest BCUT2D eigenvalue weighted by molar-refractivity contribution is 5.83. The second-order valence-electron chi connectivity index (χ2n) is 7.47. The molecule has 158 valence electrons. The monoisotopic (exact) mass is 381 g/mol. The summed E-state index contributed by atoms with van der Waals surface area (Å²) in [6.07, 6.45) is 18.6. The Morgan fingerprint density at radius 1 is 0.815 bits per heavy atom. The molecule has 0 aromatic heterocycles. The van der Waals surface area contributed by atoms with E-state index in [0.29, 0.717) is 19.5 Å². The van der Waals surface area contributed by atoms with Crippen molar-refractivity contribution in [3.8, 4) is 0 Å². The Bertz CT molecular complexity index is 402. The molecular weight excluding hydrogens is 338 g/mol. The van der Waals surface area contributed by atoms with Gasteiger partial charge in [-0.1, -0.05) is 70.4 Å². The number of amides is 1. The van der Waals surface area contributed by atoms with Crippen LogP contribution in [0.2, 0.25) is 0 Å². The van der Waals surface area contributed by atoms with Crippen LogP contribution in [0.4, 0.5) is 0 Å². The molecule has 0 bridgehead atoms. The van der Waals surface area contributed by atoms with Crippen molar-refractivity contribution in [3.63, 3.8) is 0 Å². The molecule has 0 saturated heterocycles. The molecule has 0 aliphatic carbocycles. The van der Waals surface area contributed by atoms with Gasteiger partial charge < -0.3 is 10.0 Å². The molecule has 0 fully saturated rings. The maximum Gasteiger partial charge on any atom is 0.304 e. The van der Waals surface area contributed by atoms with Gasteiger partial charge in [-0.25, -0.2) is 0 Å². The summed E-state index contributed by atoms with van der Waals surface area (Å²) in [4.78, 5) is 25.3. The summed E-state index contributed by atoms with van der Waals surface area (Å²) in [5.74, 6) is -1.22. The van der Waals surface area contributed by atoms with Crippen LogP contribution >= 0.6 is 0 Å². The molecule has 0 spiro atoms. The molecule has 4 heteroatoms. The lowest BCUT2D eigenvalue weighted by Crippen LogP contribution is -2.36. The summed E-state index contributed by atoms with van der Waals surface area (Å²) in [6, 6.07) is 0. The predicted molar refractivity (Wildman–Crippen MR) is 114 cm³/mol. The van der Waals surface area contributed by atoms with Gasteiger partial charge in [0, 0.05) is 19.0 Å². The van der Waals surface area contributed by atoms with E-state index in [0.717, 1.165) is 12.8 Å². The van der Waals surface area contributed by atoms with E-state index in [4.69, 9.17) is 5.11 Å². The van der Waals surface area contributed by atoms with Crippen molar-refractivity contribution >= 4 is 11.9 Å². The van der Waals surface area contributed by atoms with E-state index in [1.807, 2.05) is 13.8 Å². The first-order chi connectivity index (χ1) is 13.1. The molecule has 0 radical (unpaired) electrons. The largest absolute Gasteiger partial charge is 0.481 e. The first kappa shape index (κ1) is 25.7. The van der Waals surface area contributed by atoms with Gasteiger partial charge in [0.1, 0.15) is 0 Å². The number of hydrogen-bond acceptors (Lipinski definition) is 2. The van der Waals surface area contributed by atoms with E-state index >= 15 is 0 Å². The van der Waals surface area contributed by atoms with E-state index in [2.05, 4.69) is 19.1 Å². The van der Waals surface area contributed by atoms with Gasteiger partial charge in [-0.15, -0.1) is 0 Å². The zero-order valence-corrected chi connectivity index (χ0v) is 18.0. The number of unbranched alkanes of at least 4 members (excludes halogenated alkanes) is 9. The third kappa shape index (κ3) is 14.4. The molecule has 0 heterocycles. The normalized spacial score (nSPS) is 12.4. The summed E-state index contributed by atoms with van der Waals surface area (Å²) in [5, 5.41) is 9.09. The van der Waals surface area contributed by atoms with Gasteiger partial charge in [-0.3, -0.25) is 9.59 Å². The highest BCUT2D eigenvalue weighted by atomic mass is 16.4. The number of hydrogen-bond donors (Lipinski definition) is 1. The maximum absolute atomic E-state index is 12.4. The second-order valence-corrected chi connectivity index (χ2v) is 7.47. The van der Waals surface area contributed by atoms with E-state index < -0.39 is 5.97 Å². The number of carbonyl (C=O) groups is 2. The van der Waals surface area contributed by atoms with Crippen LogP contribution in [0, 0.1) is 5.92 Å². The van der Waals surface area contributed by atoms with Crippen molar-refractivity contribution < 1.29 is 14.7 Å². The molecule has 0 aromatic rings. The van der Waals surface area contributed by atoms with Crippen molar-refractivity contribution in [2.75, 3.05) is 13.1 Å². The van der Waals surface area contributed by atoms with Gasteiger partial charge >= 0.3 is 5.97 Å². The topological polar surface area (TPSA) is 57.6 Å². The lowest BCUT2D eigenvalue weighted by molar-refractivity contribution is -0.144. The summed E-state index contributed by atoms with van der Waals surface area (Å²) >= 11 is 0. The molecule has 27 heavy (non-hydrogen) atoms. The minimum Gasteiger partial charge on any atom is -0.481 e. The molecule has 4 nitrogen and oxygen atoms in total. The van der Waals surface area contributed by atoms with Crippen molar-refractivity contribution in [3.05, 3.63) is 12.2 Å². The minimum atomic E-state index is -0.871. The molecule has 0 rings (SSSR count).